The van der Waals surface area contributed by atoms with Gasteiger partial charge in [0.15, 0.2) is 0 Å². The Kier molecular flexibility index (Phi) is 5.30. The van der Waals surface area contributed by atoms with E-state index in [2.05, 4.69) is 5.32 Å². The van der Waals surface area contributed by atoms with Crippen LogP contribution in [0.3, 0.4) is 0 Å². The second-order valence-electron chi connectivity index (χ2n) is 6.08. The van der Waals surface area contributed by atoms with Crippen LogP contribution in [0.1, 0.15) is 37.4 Å². The molecule has 0 spiro atoms. The first-order chi connectivity index (χ1) is 13.0. The van der Waals surface area contributed by atoms with E-state index in [0.29, 0.717) is 42.1 Å². The molecule has 0 saturated heterocycles. The molecule has 0 fully saturated rings. The summed E-state index contributed by atoms with van der Waals surface area (Å²) in [4.78, 5) is 23.8. The number of ether oxygens (including phenoxy) is 3. The number of nitrogens with one attached hydrogen (secondary N) is 1. The highest BCUT2D eigenvalue weighted by Crippen LogP contribution is 2.40. The van der Waals surface area contributed by atoms with Crippen LogP contribution in [0.2, 0.25) is 0 Å². The van der Waals surface area contributed by atoms with E-state index in [9.17, 15) is 14.0 Å². The summed E-state index contributed by atoms with van der Waals surface area (Å²) in [6, 6.07) is 6.08. The quantitative estimate of drug-likeness (QED) is 0.816. The summed E-state index contributed by atoms with van der Waals surface area (Å²) >= 11 is 0. The van der Waals surface area contributed by atoms with Crippen LogP contribution >= 0.6 is 0 Å². The highest BCUT2D eigenvalue weighted by atomic mass is 19.1. The van der Waals surface area contributed by atoms with E-state index in [0.717, 1.165) is 11.1 Å². The minimum absolute atomic E-state index is 0.0206. The molecule has 2 aromatic carbocycles. The largest absolute Gasteiger partial charge is 0.495 e. The zero-order valence-corrected chi connectivity index (χ0v) is 15.3. The second kappa shape index (κ2) is 7.65. The molecule has 27 heavy (non-hydrogen) atoms. The van der Waals surface area contributed by atoms with Crippen LogP contribution in [-0.4, -0.2) is 39.8 Å². The molecule has 2 aromatic rings. The van der Waals surface area contributed by atoms with Gasteiger partial charge < -0.3 is 19.5 Å². The molecule has 0 saturated carbocycles. The number of rotatable bonds is 5. The number of benzene rings is 2. The fourth-order valence-corrected chi connectivity index (χ4v) is 3.26. The first-order valence-electron chi connectivity index (χ1n) is 8.44. The number of carbonyl (C=O) groups is 2. The van der Waals surface area contributed by atoms with Gasteiger partial charge in [-0.15, -0.1) is 0 Å². The highest BCUT2D eigenvalue weighted by molar-refractivity contribution is 5.95. The Balaban J connectivity index is 2.03. The van der Waals surface area contributed by atoms with E-state index < -0.39 is 17.7 Å². The van der Waals surface area contributed by atoms with Crippen molar-refractivity contribution >= 4 is 11.9 Å². The second-order valence-corrected chi connectivity index (χ2v) is 6.08. The highest BCUT2D eigenvalue weighted by Gasteiger charge is 2.27. The molecule has 0 radical (unpaired) electrons. The van der Waals surface area contributed by atoms with Gasteiger partial charge >= 0.3 is 5.97 Å². The summed E-state index contributed by atoms with van der Waals surface area (Å²) < 4.78 is 30.2. The van der Waals surface area contributed by atoms with Crippen molar-refractivity contribution in [1.82, 2.24) is 5.32 Å². The van der Waals surface area contributed by atoms with Crippen LogP contribution < -0.4 is 14.8 Å². The Hall–Kier alpha value is -3.09. The first kappa shape index (κ1) is 18.7. The van der Waals surface area contributed by atoms with Crippen molar-refractivity contribution in [3.8, 4) is 11.5 Å². The Labute approximate surface area is 156 Å². The number of hydrogen-bond donors (Lipinski definition) is 1. The molecular formula is C20H20FNO5. The van der Waals surface area contributed by atoms with E-state index in [-0.39, 0.29) is 5.56 Å². The molecule has 6 nitrogen and oxygen atoms in total. The lowest BCUT2D eigenvalue weighted by molar-refractivity contribution is 0.0596. The third-order valence-corrected chi connectivity index (χ3v) is 4.51. The number of esters is 1. The lowest BCUT2D eigenvalue weighted by Gasteiger charge is -2.15. The standard InChI is InChI=1S/C20H20FNO5/c1-22-19(23)13-5-4-11(9-16(13)21)8-12-10-15(20(24)26-3)18(25-2)14-6-7-27-17(12)14/h4-5,9-10H,6-8H2,1-3H3,(H,22,23). The van der Waals surface area contributed by atoms with Gasteiger partial charge in [-0.25, -0.2) is 9.18 Å². The summed E-state index contributed by atoms with van der Waals surface area (Å²) in [7, 11) is 4.24. The van der Waals surface area contributed by atoms with Crippen molar-refractivity contribution in [3.63, 3.8) is 0 Å². The van der Waals surface area contributed by atoms with Gasteiger partial charge in [-0.1, -0.05) is 6.07 Å². The fourth-order valence-electron chi connectivity index (χ4n) is 3.26. The molecule has 0 aliphatic carbocycles. The molecule has 3 rings (SSSR count). The van der Waals surface area contributed by atoms with Gasteiger partial charge in [0.05, 0.1) is 26.4 Å². The van der Waals surface area contributed by atoms with Crippen LogP contribution in [0.25, 0.3) is 0 Å². The first-order valence-corrected chi connectivity index (χ1v) is 8.44. The van der Waals surface area contributed by atoms with E-state index in [1.54, 1.807) is 12.1 Å². The van der Waals surface area contributed by atoms with Gasteiger partial charge in [-0.05, 0) is 29.3 Å². The van der Waals surface area contributed by atoms with Gasteiger partial charge in [0.1, 0.15) is 22.9 Å². The van der Waals surface area contributed by atoms with Gasteiger partial charge in [0.25, 0.3) is 5.91 Å². The summed E-state index contributed by atoms with van der Waals surface area (Å²) in [5.74, 6) is -0.509. The van der Waals surface area contributed by atoms with Crippen molar-refractivity contribution in [3.05, 3.63) is 57.9 Å². The number of carbonyl (C=O) groups excluding carboxylic acids is 2. The molecule has 0 bridgehead atoms. The summed E-state index contributed by atoms with van der Waals surface area (Å²) in [6.07, 6.45) is 0.946. The van der Waals surface area contributed by atoms with Gasteiger partial charge in [0, 0.05) is 25.5 Å². The molecule has 142 valence electrons. The van der Waals surface area contributed by atoms with Crippen molar-refractivity contribution in [2.75, 3.05) is 27.9 Å². The van der Waals surface area contributed by atoms with Crippen molar-refractivity contribution in [2.24, 2.45) is 0 Å². The van der Waals surface area contributed by atoms with Crippen LogP contribution in [0.4, 0.5) is 4.39 Å². The van der Waals surface area contributed by atoms with Crippen LogP contribution in [0.15, 0.2) is 24.3 Å². The number of methoxy groups -OCH3 is 2. The van der Waals surface area contributed by atoms with Gasteiger partial charge in [-0.2, -0.15) is 0 Å². The topological polar surface area (TPSA) is 73.9 Å². The number of amides is 1. The molecule has 1 aliphatic rings. The molecule has 0 atom stereocenters. The van der Waals surface area contributed by atoms with Gasteiger partial charge in [-0.3, -0.25) is 4.79 Å². The van der Waals surface area contributed by atoms with Crippen LogP contribution in [-0.2, 0) is 17.6 Å². The van der Waals surface area contributed by atoms with Crippen molar-refractivity contribution < 1.29 is 28.2 Å². The molecule has 1 amide bonds. The maximum Gasteiger partial charge on any atom is 0.341 e. The maximum absolute atomic E-state index is 14.3. The normalized spacial score (nSPS) is 12.1. The number of halogens is 1. The van der Waals surface area contributed by atoms with E-state index in [1.807, 2.05) is 0 Å². The molecule has 0 aromatic heterocycles. The Bertz CT molecular complexity index is 910. The molecule has 0 unspecified atom stereocenters. The monoisotopic (exact) mass is 373 g/mol. The Morgan fingerprint density at radius 1 is 1.22 bits per heavy atom. The number of hydrogen-bond acceptors (Lipinski definition) is 5. The molecular weight excluding hydrogens is 353 g/mol. The predicted octanol–water partition coefficient (Wildman–Crippen LogP) is 2.51. The fraction of sp³-hybridized carbons (Fsp3) is 0.300. The Morgan fingerprint density at radius 2 is 2.00 bits per heavy atom. The van der Waals surface area contributed by atoms with E-state index >= 15 is 0 Å². The minimum Gasteiger partial charge on any atom is -0.495 e. The van der Waals surface area contributed by atoms with Crippen molar-refractivity contribution in [1.29, 1.82) is 0 Å². The van der Waals surface area contributed by atoms with E-state index in [1.165, 1.54) is 33.4 Å². The van der Waals surface area contributed by atoms with E-state index in [4.69, 9.17) is 14.2 Å². The third-order valence-electron chi connectivity index (χ3n) is 4.51. The summed E-state index contributed by atoms with van der Waals surface area (Å²) in [5.41, 5.74) is 2.47. The number of fused-ring (bicyclic) bond motifs is 1. The Morgan fingerprint density at radius 3 is 2.63 bits per heavy atom. The predicted molar refractivity (Wildman–Crippen MR) is 96.1 cm³/mol. The molecule has 1 N–H and O–H groups in total. The molecule has 1 aliphatic heterocycles. The smallest absolute Gasteiger partial charge is 0.341 e. The maximum atomic E-state index is 14.3. The summed E-state index contributed by atoms with van der Waals surface area (Å²) in [6.45, 7) is 0.479. The summed E-state index contributed by atoms with van der Waals surface area (Å²) in [5, 5.41) is 2.40. The lowest BCUT2D eigenvalue weighted by atomic mass is 9.96. The third kappa shape index (κ3) is 3.45. The van der Waals surface area contributed by atoms with Crippen LogP contribution in [0, 0.1) is 5.82 Å². The molecule has 1 heterocycles. The zero-order chi connectivity index (χ0) is 19.6. The SMILES string of the molecule is CNC(=O)c1ccc(Cc2cc(C(=O)OC)c(OC)c3c2OCC3)cc1F. The average Bonchev–Trinajstić information content (AvgIpc) is 3.16. The van der Waals surface area contributed by atoms with Crippen molar-refractivity contribution in [2.45, 2.75) is 12.8 Å². The minimum atomic E-state index is -0.605. The molecule has 7 heteroatoms. The van der Waals surface area contributed by atoms with Crippen LogP contribution in [0.5, 0.6) is 11.5 Å². The zero-order valence-electron chi connectivity index (χ0n) is 15.3. The lowest BCUT2D eigenvalue weighted by Crippen LogP contribution is -2.19. The van der Waals surface area contributed by atoms with Gasteiger partial charge in [0.2, 0.25) is 0 Å². The average molecular weight is 373 g/mol.